The van der Waals surface area contributed by atoms with Gasteiger partial charge in [-0.1, -0.05) is 17.2 Å². The summed E-state index contributed by atoms with van der Waals surface area (Å²) >= 11 is 1.54. The monoisotopic (exact) mass is 233 g/mol. The number of nitrogens with zero attached hydrogens (tertiary/aromatic N) is 1. The van der Waals surface area contributed by atoms with Crippen molar-refractivity contribution in [3.63, 3.8) is 0 Å². The van der Waals surface area contributed by atoms with E-state index in [0.29, 0.717) is 0 Å². The van der Waals surface area contributed by atoms with Crippen LogP contribution in [-0.2, 0) is 0 Å². The van der Waals surface area contributed by atoms with Crippen LogP contribution in [0.5, 0.6) is 0 Å². The van der Waals surface area contributed by atoms with Crippen LogP contribution in [0.4, 0.5) is 0 Å². The minimum atomic E-state index is 0.217. The maximum Gasteiger partial charge on any atom is 0.263 e. The molecule has 1 aliphatic heterocycles. The Morgan fingerprint density at radius 2 is 1.81 bits per heavy atom. The van der Waals surface area contributed by atoms with Crippen molar-refractivity contribution in [1.82, 2.24) is 4.90 Å². The van der Waals surface area contributed by atoms with Gasteiger partial charge in [0.05, 0.1) is 4.88 Å². The Bertz CT molecular complexity index is 417. The molecule has 16 heavy (non-hydrogen) atoms. The molecule has 1 saturated heterocycles. The van der Waals surface area contributed by atoms with Crippen molar-refractivity contribution in [2.75, 3.05) is 13.1 Å². The average molecular weight is 233 g/mol. The fourth-order valence-corrected chi connectivity index (χ4v) is 3.00. The highest BCUT2D eigenvalue weighted by atomic mass is 32.1. The number of hydrogen-bond donors (Lipinski definition) is 0. The van der Waals surface area contributed by atoms with Crippen molar-refractivity contribution < 1.29 is 4.79 Å². The van der Waals surface area contributed by atoms with E-state index in [0.717, 1.165) is 30.8 Å². The first-order valence-electron chi connectivity index (χ1n) is 5.87. The van der Waals surface area contributed by atoms with Crippen LogP contribution in [0.1, 0.15) is 35.4 Å². The van der Waals surface area contributed by atoms with Gasteiger partial charge in [0, 0.05) is 13.1 Å². The molecule has 2 nitrogen and oxygen atoms in total. The van der Waals surface area contributed by atoms with Crippen molar-refractivity contribution in [1.29, 1.82) is 0 Å². The zero-order chi connectivity index (χ0) is 11.0. The summed E-state index contributed by atoms with van der Waals surface area (Å²) in [4.78, 5) is 14.9. The Hall–Kier alpha value is -1.09. The second-order valence-electron chi connectivity index (χ2n) is 4.48. The van der Waals surface area contributed by atoms with Crippen LogP contribution >= 0.6 is 11.3 Å². The molecule has 0 unspecified atom stereocenters. The largest absolute Gasteiger partial charge is 0.337 e. The van der Waals surface area contributed by atoms with Crippen LogP contribution in [0.15, 0.2) is 28.7 Å². The molecule has 0 bridgehead atoms. The van der Waals surface area contributed by atoms with E-state index < -0.39 is 0 Å². The summed E-state index contributed by atoms with van der Waals surface area (Å²) in [6.45, 7) is 1.82. The van der Waals surface area contributed by atoms with E-state index in [9.17, 15) is 4.79 Å². The molecule has 0 radical (unpaired) electrons. The number of rotatable bonds is 1. The van der Waals surface area contributed by atoms with Crippen LogP contribution in [0.3, 0.4) is 0 Å². The van der Waals surface area contributed by atoms with E-state index in [-0.39, 0.29) is 5.91 Å². The fourth-order valence-electron chi connectivity index (χ4n) is 2.31. The summed E-state index contributed by atoms with van der Waals surface area (Å²) in [5.41, 5.74) is 3.30. The van der Waals surface area contributed by atoms with Crippen molar-refractivity contribution in [2.24, 2.45) is 0 Å². The number of allylic oxidation sites excluding steroid dienone is 1. The van der Waals surface area contributed by atoms with Crippen LogP contribution in [-0.4, -0.2) is 23.9 Å². The van der Waals surface area contributed by atoms with Gasteiger partial charge in [0.15, 0.2) is 0 Å². The summed E-state index contributed by atoms with van der Waals surface area (Å²) in [6.07, 6.45) is 4.83. The maximum absolute atomic E-state index is 12.1. The molecule has 3 heteroatoms. The molecule has 0 N–H and O–H groups in total. The van der Waals surface area contributed by atoms with E-state index in [4.69, 9.17) is 0 Å². The molecule has 3 rings (SSSR count). The van der Waals surface area contributed by atoms with Crippen molar-refractivity contribution in [3.05, 3.63) is 33.5 Å². The highest BCUT2D eigenvalue weighted by Crippen LogP contribution is 2.36. The maximum atomic E-state index is 12.1. The predicted octanol–water partition coefficient (Wildman–Crippen LogP) is 3.07. The topological polar surface area (TPSA) is 20.3 Å². The predicted molar refractivity (Wildman–Crippen MR) is 65.7 cm³/mol. The Morgan fingerprint density at radius 1 is 1.12 bits per heavy atom. The van der Waals surface area contributed by atoms with E-state index in [1.807, 2.05) is 22.4 Å². The number of hydrogen-bond acceptors (Lipinski definition) is 2. The molecular weight excluding hydrogens is 218 g/mol. The van der Waals surface area contributed by atoms with Crippen molar-refractivity contribution in [2.45, 2.75) is 25.7 Å². The number of piperidine rings is 1. The molecule has 0 atom stereocenters. The molecule has 0 aromatic carbocycles. The zero-order valence-electron chi connectivity index (χ0n) is 9.24. The molecule has 1 saturated carbocycles. The Labute approximate surface area is 99.6 Å². The molecule has 1 amide bonds. The first-order valence-corrected chi connectivity index (χ1v) is 6.75. The lowest BCUT2D eigenvalue weighted by Gasteiger charge is -2.28. The molecule has 0 spiro atoms. The molecule has 2 aliphatic rings. The van der Waals surface area contributed by atoms with E-state index in [1.165, 1.54) is 12.8 Å². The second kappa shape index (κ2) is 4.06. The lowest BCUT2D eigenvalue weighted by atomic mass is 10.0. The first-order chi connectivity index (χ1) is 7.84. The van der Waals surface area contributed by atoms with Gasteiger partial charge >= 0.3 is 0 Å². The van der Waals surface area contributed by atoms with Gasteiger partial charge < -0.3 is 4.90 Å². The smallest absolute Gasteiger partial charge is 0.263 e. The van der Waals surface area contributed by atoms with Gasteiger partial charge in [0.1, 0.15) is 0 Å². The van der Waals surface area contributed by atoms with Crippen molar-refractivity contribution in [3.8, 4) is 0 Å². The third-order valence-electron chi connectivity index (χ3n) is 3.39. The number of carbonyl (C=O) groups excluding carboxylic acids is 1. The van der Waals surface area contributed by atoms with Gasteiger partial charge in [0.2, 0.25) is 0 Å². The van der Waals surface area contributed by atoms with Crippen LogP contribution < -0.4 is 0 Å². The van der Waals surface area contributed by atoms with Crippen LogP contribution in [0.25, 0.3) is 0 Å². The fraction of sp³-hybridized carbons (Fsp3) is 0.462. The highest BCUT2D eigenvalue weighted by Gasteiger charge is 2.25. The number of thiophene rings is 1. The highest BCUT2D eigenvalue weighted by molar-refractivity contribution is 7.12. The molecule has 1 aliphatic carbocycles. The lowest BCUT2D eigenvalue weighted by molar-refractivity contribution is 0.0748. The van der Waals surface area contributed by atoms with Crippen molar-refractivity contribution >= 4 is 17.2 Å². The molecular formula is C13H15NOS. The molecule has 2 fully saturated rings. The van der Waals surface area contributed by atoms with Gasteiger partial charge in [-0.15, -0.1) is 11.3 Å². The summed E-state index contributed by atoms with van der Waals surface area (Å²) in [5.74, 6) is 0.217. The summed E-state index contributed by atoms with van der Waals surface area (Å²) in [6, 6.07) is 3.86. The minimum absolute atomic E-state index is 0.217. The quantitative estimate of drug-likeness (QED) is 0.683. The minimum Gasteiger partial charge on any atom is -0.337 e. The van der Waals surface area contributed by atoms with Gasteiger partial charge in [0.25, 0.3) is 5.91 Å². The summed E-state index contributed by atoms with van der Waals surface area (Å²) < 4.78 is 0. The van der Waals surface area contributed by atoms with E-state index in [2.05, 4.69) is 0 Å². The second-order valence-corrected chi connectivity index (χ2v) is 5.42. The lowest BCUT2D eigenvalue weighted by Crippen LogP contribution is -2.35. The number of carbonyl (C=O) groups is 1. The Morgan fingerprint density at radius 3 is 2.38 bits per heavy atom. The Kier molecular flexibility index (Phi) is 2.56. The molecule has 2 heterocycles. The first kappa shape index (κ1) is 10.1. The standard InChI is InChI=1S/C13H15NOS/c15-13(12-2-1-9-16-12)14-7-5-11(6-8-14)10-3-4-10/h1-2,9H,3-8H2. The number of amides is 1. The molecule has 1 aromatic rings. The van der Waals surface area contributed by atoms with E-state index >= 15 is 0 Å². The Balaban J connectivity index is 1.66. The summed E-state index contributed by atoms with van der Waals surface area (Å²) in [5, 5.41) is 1.97. The van der Waals surface area contributed by atoms with Gasteiger partial charge in [-0.05, 0) is 37.1 Å². The van der Waals surface area contributed by atoms with E-state index in [1.54, 1.807) is 22.5 Å². The zero-order valence-corrected chi connectivity index (χ0v) is 10.1. The number of likely N-dealkylation sites (tertiary alicyclic amines) is 1. The SMILES string of the molecule is O=C(c1cccs1)N1CCC(=C2CC2)CC1. The third-order valence-corrected chi connectivity index (χ3v) is 4.24. The third kappa shape index (κ3) is 1.92. The van der Waals surface area contributed by atoms with Gasteiger partial charge in [-0.25, -0.2) is 0 Å². The normalized spacial score (nSPS) is 20.1. The molecule has 84 valence electrons. The molecule has 1 aromatic heterocycles. The van der Waals surface area contributed by atoms with Gasteiger partial charge in [-0.2, -0.15) is 0 Å². The van der Waals surface area contributed by atoms with Crippen LogP contribution in [0, 0.1) is 0 Å². The summed E-state index contributed by atoms with van der Waals surface area (Å²) in [7, 11) is 0. The average Bonchev–Trinajstić information content (AvgIpc) is 3.04. The van der Waals surface area contributed by atoms with Crippen LogP contribution in [0.2, 0.25) is 0 Å². The van der Waals surface area contributed by atoms with Gasteiger partial charge in [-0.3, -0.25) is 4.79 Å².